The molecule has 10 heteroatoms. The van der Waals surface area contributed by atoms with Crippen molar-refractivity contribution in [1.82, 2.24) is 0 Å². The second kappa shape index (κ2) is 9.30. The lowest BCUT2D eigenvalue weighted by molar-refractivity contribution is 0.0452. The van der Waals surface area contributed by atoms with E-state index in [4.69, 9.17) is 36.3 Å². The van der Waals surface area contributed by atoms with Gasteiger partial charge in [-0.25, -0.2) is 9.59 Å². The molecule has 2 aromatic rings. The molecular formula is C18H17ClN2O6S. The second-order valence-electron chi connectivity index (χ2n) is 5.25. The number of nitrogens with zero attached hydrogens (tertiary/aromatic N) is 1. The van der Waals surface area contributed by atoms with Crippen LogP contribution in [0, 0.1) is 11.3 Å². The molecule has 0 amide bonds. The van der Waals surface area contributed by atoms with Crippen LogP contribution in [0.15, 0.2) is 12.1 Å². The van der Waals surface area contributed by atoms with Gasteiger partial charge in [-0.1, -0.05) is 11.6 Å². The summed E-state index contributed by atoms with van der Waals surface area (Å²) >= 11 is 7.00. The third-order valence-corrected chi connectivity index (χ3v) is 4.95. The van der Waals surface area contributed by atoms with Crippen LogP contribution in [0.5, 0.6) is 11.5 Å². The van der Waals surface area contributed by atoms with E-state index in [-0.39, 0.29) is 56.3 Å². The van der Waals surface area contributed by atoms with Crippen molar-refractivity contribution in [1.29, 1.82) is 5.26 Å². The van der Waals surface area contributed by atoms with E-state index in [1.54, 1.807) is 6.92 Å². The molecule has 0 aliphatic carbocycles. The molecule has 0 saturated carbocycles. The molecule has 1 aromatic carbocycles. The summed E-state index contributed by atoms with van der Waals surface area (Å²) in [7, 11) is 2.82. The van der Waals surface area contributed by atoms with Crippen molar-refractivity contribution in [3.63, 3.8) is 0 Å². The summed E-state index contributed by atoms with van der Waals surface area (Å²) in [6.07, 6.45) is 0. The highest BCUT2D eigenvalue weighted by Crippen LogP contribution is 2.36. The second-order valence-corrected chi connectivity index (χ2v) is 6.71. The Morgan fingerprint density at radius 3 is 2.50 bits per heavy atom. The number of hydrogen-bond donors (Lipinski definition) is 1. The molecule has 0 aliphatic heterocycles. The van der Waals surface area contributed by atoms with E-state index in [0.717, 1.165) is 11.3 Å². The maximum absolute atomic E-state index is 12.4. The van der Waals surface area contributed by atoms with Crippen LogP contribution in [0.2, 0.25) is 5.02 Å². The molecule has 0 bridgehead atoms. The fourth-order valence-corrected chi connectivity index (χ4v) is 3.57. The van der Waals surface area contributed by atoms with Crippen molar-refractivity contribution in [3.8, 4) is 17.6 Å². The Bertz CT molecular complexity index is 951. The Morgan fingerprint density at radius 1 is 1.21 bits per heavy atom. The highest BCUT2D eigenvalue weighted by atomic mass is 35.5. The first kappa shape index (κ1) is 21.3. The number of thiophene rings is 1. The SMILES string of the molecule is CCOC(=O)c1sc(N)c(C#N)c1COC(=O)c1cc(Cl)c(OC)c(OC)c1. The van der Waals surface area contributed by atoms with E-state index in [1.165, 1.54) is 26.4 Å². The summed E-state index contributed by atoms with van der Waals surface area (Å²) in [5.41, 5.74) is 6.18. The third kappa shape index (κ3) is 4.30. The summed E-state index contributed by atoms with van der Waals surface area (Å²) in [6.45, 7) is 1.47. The molecule has 0 unspecified atom stereocenters. The number of ether oxygens (including phenoxy) is 4. The van der Waals surface area contributed by atoms with Crippen molar-refractivity contribution in [2.45, 2.75) is 13.5 Å². The van der Waals surface area contributed by atoms with E-state index < -0.39 is 11.9 Å². The first-order chi connectivity index (χ1) is 13.4. The van der Waals surface area contributed by atoms with Gasteiger partial charge in [0.2, 0.25) is 0 Å². The monoisotopic (exact) mass is 424 g/mol. The number of benzene rings is 1. The summed E-state index contributed by atoms with van der Waals surface area (Å²) in [5.74, 6) is -0.832. The molecular weight excluding hydrogens is 408 g/mol. The summed E-state index contributed by atoms with van der Waals surface area (Å²) in [5, 5.41) is 9.61. The number of carbonyl (C=O) groups is 2. The Hall–Kier alpha value is -2.96. The van der Waals surface area contributed by atoms with Gasteiger partial charge in [0.05, 0.1) is 37.0 Å². The Kier molecular flexibility index (Phi) is 7.09. The van der Waals surface area contributed by atoms with Crippen LogP contribution < -0.4 is 15.2 Å². The number of rotatable bonds is 7. The Labute approximate surface area is 170 Å². The average molecular weight is 425 g/mol. The van der Waals surface area contributed by atoms with Crippen LogP contribution in [0.25, 0.3) is 0 Å². The van der Waals surface area contributed by atoms with Gasteiger partial charge in [0.1, 0.15) is 22.6 Å². The number of nitriles is 1. The lowest BCUT2D eigenvalue weighted by atomic mass is 10.1. The summed E-state index contributed by atoms with van der Waals surface area (Å²) < 4.78 is 20.5. The van der Waals surface area contributed by atoms with Crippen molar-refractivity contribution in [2.75, 3.05) is 26.6 Å². The van der Waals surface area contributed by atoms with Crippen molar-refractivity contribution in [3.05, 3.63) is 38.7 Å². The largest absolute Gasteiger partial charge is 0.493 e. The van der Waals surface area contributed by atoms with Gasteiger partial charge in [-0.2, -0.15) is 5.26 Å². The molecule has 0 saturated heterocycles. The topological polar surface area (TPSA) is 121 Å². The molecule has 2 N–H and O–H groups in total. The third-order valence-electron chi connectivity index (χ3n) is 3.62. The van der Waals surface area contributed by atoms with Crippen LogP contribution in [0.1, 0.15) is 38.1 Å². The highest BCUT2D eigenvalue weighted by Gasteiger charge is 2.24. The first-order valence-electron chi connectivity index (χ1n) is 7.94. The number of esters is 2. The van der Waals surface area contributed by atoms with Crippen LogP contribution >= 0.6 is 22.9 Å². The number of anilines is 1. The first-order valence-corrected chi connectivity index (χ1v) is 9.14. The molecule has 0 fully saturated rings. The Balaban J connectivity index is 2.29. The molecule has 8 nitrogen and oxygen atoms in total. The van der Waals surface area contributed by atoms with Crippen LogP contribution in [-0.2, 0) is 16.1 Å². The zero-order valence-corrected chi connectivity index (χ0v) is 16.9. The Morgan fingerprint density at radius 2 is 1.93 bits per heavy atom. The van der Waals surface area contributed by atoms with Gasteiger partial charge < -0.3 is 24.7 Å². The smallest absolute Gasteiger partial charge is 0.348 e. The standard InChI is InChI=1S/C18H17ClN2O6S/c1-4-26-18(23)15-11(10(7-20)16(21)28-15)8-27-17(22)9-5-12(19)14(25-3)13(6-9)24-2/h5-6H,4,8,21H2,1-3H3. The predicted octanol–water partition coefficient (Wildman–Crippen LogP) is 3.41. The zero-order chi connectivity index (χ0) is 20.8. The number of nitrogen functional groups attached to an aromatic ring is 1. The molecule has 148 valence electrons. The van der Waals surface area contributed by atoms with Gasteiger partial charge in [-0.15, -0.1) is 11.3 Å². The zero-order valence-electron chi connectivity index (χ0n) is 15.3. The van der Waals surface area contributed by atoms with Gasteiger partial charge in [-0.3, -0.25) is 0 Å². The lowest BCUT2D eigenvalue weighted by Gasteiger charge is -2.12. The number of hydrogen-bond acceptors (Lipinski definition) is 9. The number of halogens is 1. The van der Waals surface area contributed by atoms with E-state index in [2.05, 4.69) is 0 Å². The fourth-order valence-electron chi connectivity index (χ4n) is 2.36. The van der Waals surface area contributed by atoms with Gasteiger partial charge in [-0.05, 0) is 19.1 Å². The van der Waals surface area contributed by atoms with Gasteiger partial charge in [0.25, 0.3) is 0 Å². The number of nitrogens with two attached hydrogens (primary N) is 1. The molecule has 28 heavy (non-hydrogen) atoms. The van der Waals surface area contributed by atoms with E-state index >= 15 is 0 Å². The maximum atomic E-state index is 12.4. The van der Waals surface area contributed by atoms with Crippen molar-refractivity contribution in [2.24, 2.45) is 0 Å². The molecule has 0 aliphatic rings. The molecule has 1 aromatic heterocycles. The molecule has 0 atom stereocenters. The normalized spacial score (nSPS) is 10.1. The van der Waals surface area contributed by atoms with Crippen LogP contribution in [0.4, 0.5) is 5.00 Å². The molecule has 2 rings (SSSR count). The van der Waals surface area contributed by atoms with Crippen molar-refractivity contribution < 1.29 is 28.5 Å². The van der Waals surface area contributed by atoms with Gasteiger partial charge >= 0.3 is 11.9 Å². The van der Waals surface area contributed by atoms with Crippen LogP contribution in [0.3, 0.4) is 0 Å². The minimum atomic E-state index is -0.730. The lowest BCUT2D eigenvalue weighted by Crippen LogP contribution is -2.10. The minimum absolute atomic E-state index is 0.0752. The van der Waals surface area contributed by atoms with E-state index in [9.17, 15) is 14.9 Å². The quantitative estimate of drug-likeness (QED) is 0.671. The fraction of sp³-hybridized carbons (Fsp3) is 0.278. The molecule has 1 heterocycles. The average Bonchev–Trinajstić information content (AvgIpc) is 3.00. The van der Waals surface area contributed by atoms with E-state index in [0.29, 0.717) is 0 Å². The minimum Gasteiger partial charge on any atom is -0.493 e. The maximum Gasteiger partial charge on any atom is 0.348 e. The van der Waals surface area contributed by atoms with E-state index in [1.807, 2.05) is 6.07 Å². The van der Waals surface area contributed by atoms with Crippen molar-refractivity contribution >= 4 is 39.9 Å². The number of carbonyl (C=O) groups excluding carboxylic acids is 2. The van der Waals surface area contributed by atoms with Crippen LogP contribution in [-0.4, -0.2) is 32.8 Å². The molecule has 0 radical (unpaired) electrons. The highest BCUT2D eigenvalue weighted by molar-refractivity contribution is 7.18. The van der Waals surface area contributed by atoms with Gasteiger partial charge in [0, 0.05) is 5.56 Å². The summed E-state index contributed by atoms with van der Waals surface area (Å²) in [6, 6.07) is 4.69. The summed E-state index contributed by atoms with van der Waals surface area (Å²) in [4.78, 5) is 24.7. The van der Waals surface area contributed by atoms with Gasteiger partial charge in [0.15, 0.2) is 11.5 Å². The predicted molar refractivity (Wildman–Crippen MR) is 103 cm³/mol. The molecule has 0 spiro atoms. The number of methoxy groups -OCH3 is 2.